The number of alkyl halides is 2. The Kier molecular flexibility index (Phi) is 5.11. The zero-order valence-electron chi connectivity index (χ0n) is 14.8. The van der Waals surface area contributed by atoms with E-state index in [9.17, 15) is 35.6 Å². The van der Waals surface area contributed by atoms with Crippen LogP contribution in [-0.4, -0.2) is 31.0 Å². The van der Waals surface area contributed by atoms with Gasteiger partial charge in [0.1, 0.15) is 17.2 Å². The largest absolute Gasteiger partial charge is 0.341 e. The number of hydrogen-bond donors (Lipinski definition) is 1. The third kappa shape index (κ3) is 3.46. The molecule has 29 heavy (non-hydrogen) atoms. The molecule has 1 saturated heterocycles. The summed E-state index contributed by atoms with van der Waals surface area (Å²) in [6, 6.07) is 6.28. The summed E-state index contributed by atoms with van der Waals surface area (Å²) >= 11 is 0. The van der Waals surface area contributed by atoms with E-state index in [1.165, 1.54) is 0 Å². The van der Waals surface area contributed by atoms with Gasteiger partial charge in [-0.25, -0.2) is 22.0 Å². The van der Waals surface area contributed by atoms with Gasteiger partial charge in [-0.15, -0.1) is 0 Å². The Balaban J connectivity index is 1.88. The summed E-state index contributed by atoms with van der Waals surface area (Å²) in [7, 11) is -4.78. The maximum absolute atomic E-state index is 14.1. The van der Waals surface area contributed by atoms with Gasteiger partial charge < -0.3 is 5.32 Å². The van der Waals surface area contributed by atoms with Gasteiger partial charge >= 0.3 is 11.8 Å². The lowest BCUT2D eigenvalue weighted by Gasteiger charge is -2.23. The average Bonchev–Trinajstić information content (AvgIpc) is 2.85. The molecule has 0 aromatic heterocycles. The third-order valence-corrected chi connectivity index (χ3v) is 5.96. The van der Waals surface area contributed by atoms with Crippen molar-refractivity contribution in [3.63, 3.8) is 0 Å². The number of urea groups is 1. The molecule has 154 valence electrons. The minimum atomic E-state index is -4.78. The lowest BCUT2D eigenvalue weighted by Crippen LogP contribution is -2.42. The minimum Gasteiger partial charge on any atom is -0.319 e. The fraction of sp³-hybridized carbons (Fsp3) is 0.222. The topological polar surface area (TPSA) is 83.6 Å². The number of nitrogens with zero attached hydrogens (tertiary/aromatic N) is 1. The van der Waals surface area contributed by atoms with Gasteiger partial charge in [0, 0.05) is 0 Å². The number of sulfone groups is 1. The molecule has 1 atom stereocenters. The number of hydrogen-bond acceptors (Lipinski definition) is 4. The van der Waals surface area contributed by atoms with Crippen molar-refractivity contribution in [2.75, 3.05) is 0 Å². The van der Waals surface area contributed by atoms with Crippen molar-refractivity contribution >= 4 is 21.8 Å². The van der Waals surface area contributed by atoms with E-state index in [2.05, 4.69) is 5.32 Å². The molecule has 1 fully saturated rings. The minimum absolute atomic E-state index is 0.250. The summed E-state index contributed by atoms with van der Waals surface area (Å²) in [5.41, 5.74) is -2.34. The Morgan fingerprint density at radius 1 is 1.03 bits per heavy atom. The summed E-state index contributed by atoms with van der Waals surface area (Å²) in [6.45, 7) is 0.804. The van der Waals surface area contributed by atoms with E-state index < -0.39 is 55.2 Å². The predicted octanol–water partition coefficient (Wildman–Crippen LogP) is 2.93. The lowest BCUT2D eigenvalue weighted by atomic mass is 9.91. The van der Waals surface area contributed by atoms with Crippen molar-refractivity contribution in [1.29, 1.82) is 0 Å². The smallest absolute Gasteiger partial charge is 0.319 e. The zero-order valence-corrected chi connectivity index (χ0v) is 15.6. The van der Waals surface area contributed by atoms with Gasteiger partial charge in [-0.1, -0.05) is 18.2 Å². The molecule has 0 aliphatic carbocycles. The standard InChI is InChI=1S/C18H14F4N2O4S/c1-18(14-12(19)3-2-4-13(14)20)15(25)24(17(26)23-18)9-10-5-7-11(8-6-10)29(27,28)16(21)22/h2-8,16H,9H2,1H3,(H,23,26). The molecule has 3 rings (SSSR count). The van der Waals surface area contributed by atoms with Gasteiger partial charge in [-0.2, -0.15) is 8.78 Å². The van der Waals surface area contributed by atoms with Crippen LogP contribution in [0.5, 0.6) is 0 Å². The Morgan fingerprint density at radius 3 is 2.10 bits per heavy atom. The first-order valence-corrected chi connectivity index (χ1v) is 9.72. The van der Waals surface area contributed by atoms with Gasteiger partial charge in [0.15, 0.2) is 0 Å². The van der Waals surface area contributed by atoms with E-state index in [-0.39, 0.29) is 12.1 Å². The zero-order chi connectivity index (χ0) is 21.6. The van der Waals surface area contributed by atoms with Crippen LogP contribution in [0.2, 0.25) is 0 Å². The molecule has 0 bridgehead atoms. The normalized spacial score (nSPS) is 19.7. The van der Waals surface area contributed by atoms with Crippen LogP contribution in [-0.2, 0) is 26.7 Å². The Bertz CT molecular complexity index is 1070. The molecule has 1 heterocycles. The summed E-state index contributed by atoms with van der Waals surface area (Å²) in [6.07, 6.45) is 0. The van der Waals surface area contributed by atoms with Crippen molar-refractivity contribution < 1.29 is 35.6 Å². The molecule has 0 radical (unpaired) electrons. The van der Waals surface area contributed by atoms with Gasteiger partial charge in [0.25, 0.3) is 5.91 Å². The van der Waals surface area contributed by atoms with Crippen LogP contribution in [0.3, 0.4) is 0 Å². The fourth-order valence-corrected chi connectivity index (χ4v) is 3.78. The summed E-state index contributed by atoms with van der Waals surface area (Å²) in [5, 5.41) is 2.26. The highest BCUT2D eigenvalue weighted by Gasteiger charge is 2.51. The second-order valence-corrected chi connectivity index (χ2v) is 8.41. The maximum Gasteiger partial charge on any atom is 0.341 e. The molecule has 11 heteroatoms. The van der Waals surface area contributed by atoms with E-state index in [0.717, 1.165) is 49.4 Å². The first kappa shape index (κ1) is 20.8. The molecule has 2 aromatic rings. The van der Waals surface area contributed by atoms with Crippen molar-refractivity contribution in [3.05, 3.63) is 65.2 Å². The molecule has 1 N–H and O–H groups in total. The van der Waals surface area contributed by atoms with E-state index in [0.29, 0.717) is 4.90 Å². The summed E-state index contributed by atoms with van der Waals surface area (Å²) in [5.74, 6) is -6.53. The van der Waals surface area contributed by atoms with E-state index in [1.807, 2.05) is 0 Å². The molecule has 3 amide bonds. The predicted molar refractivity (Wildman–Crippen MR) is 92.4 cm³/mol. The van der Waals surface area contributed by atoms with Crippen LogP contribution in [0.1, 0.15) is 18.1 Å². The monoisotopic (exact) mass is 430 g/mol. The van der Waals surface area contributed by atoms with Gasteiger partial charge in [-0.3, -0.25) is 9.69 Å². The summed E-state index contributed by atoms with van der Waals surface area (Å²) in [4.78, 5) is 25.1. The van der Waals surface area contributed by atoms with Crippen LogP contribution in [0.15, 0.2) is 47.4 Å². The van der Waals surface area contributed by atoms with Gasteiger partial charge in [0.05, 0.1) is 17.0 Å². The Hall–Kier alpha value is -2.95. The van der Waals surface area contributed by atoms with Crippen molar-refractivity contribution in [3.8, 4) is 0 Å². The number of rotatable bonds is 5. The molecule has 6 nitrogen and oxygen atoms in total. The molecule has 1 aliphatic rings. The average molecular weight is 430 g/mol. The Morgan fingerprint density at radius 2 is 1.59 bits per heavy atom. The maximum atomic E-state index is 14.1. The van der Waals surface area contributed by atoms with Crippen molar-refractivity contribution in [2.45, 2.75) is 29.7 Å². The van der Waals surface area contributed by atoms with Gasteiger partial charge in [0.2, 0.25) is 9.84 Å². The van der Waals surface area contributed by atoms with Crippen molar-refractivity contribution in [2.24, 2.45) is 0 Å². The van der Waals surface area contributed by atoms with E-state index in [1.54, 1.807) is 0 Å². The molecular formula is C18H14F4N2O4S. The number of carbonyl (C=O) groups excluding carboxylic acids is 2. The number of halogens is 4. The number of nitrogens with one attached hydrogen (secondary N) is 1. The first-order chi connectivity index (χ1) is 13.5. The highest BCUT2D eigenvalue weighted by Crippen LogP contribution is 2.33. The highest BCUT2D eigenvalue weighted by atomic mass is 32.2. The van der Waals surface area contributed by atoms with Crippen LogP contribution >= 0.6 is 0 Å². The molecule has 1 unspecified atom stereocenters. The summed E-state index contributed by atoms with van der Waals surface area (Å²) < 4.78 is 76.4. The van der Waals surface area contributed by atoms with Crippen LogP contribution < -0.4 is 5.32 Å². The quantitative estimate of drug-likeness (QED) is 0.584. The Labute approximate surface area is 163 Å². The van der Waals surface area contributed by atoms with Gasteiger partial charge in [-0.05, 0) is 36.8 Å². The van der Waals surface area contributed by atoms with Crippen LogP contribution in [0, 0.1) is 11.6 Å². The highest BCUT2D eigenvalue weighted by molar-refractivity contribution is 7.91. The van der Waals surface area contributed by atoms with E-state index >= 15 is 0 Å². The number of imide groups is 1. The number of benzene rings is 2. The molecule has 0 spiro atoms. The van der Waals surface area contributed by atoms with Crippen LogP contribution in [0.25, 0.3) is 0 Å². The second kappa shape index (κ2) is 7.14. The fourth-order valence-electron chi connectivity index (χ4n) is 3.06. The molecule has 0 saturated carbocycles. The first-order valence-electron chi connectivity index (χ1n) is 8.18. The number of amides is 3. The van der Waals surface area contributed by atoms with Crippen molar-refractivity contribution in [1.82, 2.24) is 10.2 Å². The molecule has 2 aromatic carbocycles. The number of carbonyl (C=O) groups is 2. The third-order valence-electron chi connectivity index (χ3n) is 4.56. The second-order valence-electron chi connectivity index (χ2n) is 6.49. The van der Waals surface area contributed by atoms with Crippen LogP contribution in [0.4, 0.5) is 22.4 Å². The van der Waals surface area contributed by atoms with E-state index in [4.69, 9.17) is 0 Å². The molecule has 1 aliphatic heterocycles. The SMILES string of the molecule is CC1(c2c(F)cccc2F)NC(=O)N(Cc2ccc(S(=O)(=O)C(F)F)cc2)C1=O. The molecular weight excluding hydrogens is 416 g/mol. The lowest BCUT2D eigenvalue weighted by molar-refractivity contribution is -0.131.